The second kappa shape index (κ2) is 7.81. The van der Waals surface area contributed by atoms with Gasteiger partial charge in [0.25, 0.3) is 0 Å². The summed E-state index contributed by atoms with van der Waals surface area (Å²) in [6, 6.07) is 8.32. The second-order valence-corrected chi connectivity index (χ2v) is 5.05. The Morgan fingerprint density at radius 1 is 1.37 bits per heavy atom. The van der Waals surface area contributed by atoms with E-state index in [4.69, 9.17) is 10.00 Å². The molecule has 0 saturated carbocycles. The predicted molar refractivity (Wildman–Crippen MR) is 78.5 cm³/mol. The number of aryl methyl sites for hydroxylation is 1. The van der Waals surface area contributed by atoms with E-state index in [0.717, 1.165) is 12.3 Å². The Labute approximate surface area is 116 Å². The van der Waals surface area contributed by atoms with Crippen molar-refractivity contribution < 1.29 is 4.74 Å². The van der Waals surface area contributed by atoms with Crippen LogP contribution in [0.5, 0.6) is 5.75 Å². The van der Waals surface area contributed by atoms with Crippen molar-refractivity contribution in [2.75, 3.05) is 13.2 Å². The Kier molecular flexibility index (Phi) is 6.38. The number of hydrogen-bond donors (Lipinski definition) is 1. The van der Waals surface area contributed by atoms with Crippen LogP contribution in [0.2, 0.25) is 0 Å². The lowest BCUT2D eigenvalue weighted by molar-refractivity contribution is 0.298. The maximum absolute atomic E-state index is 8.93. The summed E-state index contributed by atoms with van der Waals surface area (Å²) >= 11 is 0. The van der Waals surface area contributed by atoms with Crippen molar-refractivity contribution in [3.8, 4) is 11.8 Å². The predicted octanol–water partition coefficient (Wildman–Crippen LogP) is 3.39. The lowest BCUT2D eigenvalue weighted by Gasteiger charge is -2.14. The third kappa shape index (κ3) is 4.92. The van der Waals surface area contributed by atoms with E-state index in [9.17, 15) is 0 Å². The Hall–Kier alpha value is -1.53. The van der Waals surface area contributed by atoms with E-state index < -0.39 is 0 Å². The standard InChI is InChI=1S/C16H24N2O/c1-5-18-14(11-17)8-9-19-15-6-7-16(12(2)3)13(4)10-15/h6-7,10,12,14,18H,5,8-9H2,1-4H3. The van der Waals surface area contributed by atoms with Gasteiger partial charge in [-0.2, -0.15) is 5.26 Å². The molecule has 0 aliphatic rings. The average Bonchev–Trinajstić information content (AvgIpc) is 2.37. The first-order valence-electron chi connectivity index (χ1n) is 6.94. The molecule has 0 bridgehead atoms. The number of rotatable bonds is 7. The molecular formula is C16H24N2O. The summed E-state index contributed by atoms with van der Waals surface area (Å²) in [6.45, 7) is 9.86. The van der Waals surface area contributed by atoms with E-state index in [1.54, 1.807) is 0 Å². The number of ether oxygens (including phenoxy) is 1. The van der Waals surface area contributed by atoms with Gasteiger partial charge in [-0.15, -0.1) is 0 Å². The van der Waals surface area contributed by atoms with Crippen molar-refractivity contribution >= 4 is 0 Å². The van der Waals surface area contributed by atoms with Gasteiger partial charge in [0.15, 0.2) is 0 Å². The fraction of sp³-hybridized carbons (Fsp3) is 0.562. The van der Waals surface area contributed by atoms with E-state index in [0.29, 0.717) is 18.9 Å². The molecule has 1 atom stereocenters. The molecule has 1 aromatic rings. The SMILES string of the molecule is CCNC(C#N)CCOc1ccc(C(C)C)c(C)c1. The first kappa shape index (κ1) is 15.5. The van der Waals surface area contributed by atoms with Gasteiger partial charge in [-0.3, -0.25) is 0 Å². The molecule has 0 fully saturated rings. The van der Waals surface area contributed by atoms with Gasteiger partial charge < -0.3 is 10.1 Å². The van der Waals surface area contributed by atoms with Gasteiger partial charge in [-0.1, -0.05) is 26.8 Å². The summed E-state index contributed by atoms with van der Waals surface area (Å²) in [7, 11) is 0. The van der Waals surface area contributed by atoms with Gasteiger partial charge in [0.2, 0.25) is 0 Å². The maximum Gasteiger partial charge on any atom is 0.119 e. The van der Waals surface area contributed by atoms with Crippen molar-refractivity contribution in [3.05, 3.63) is 29.3 Å². The van der Waals surface area contributed by atoms with Crippen LogP contribution < -0.4 is 10.1 Å². The molecule has 19 heavy (non-hydrogen) atoms. The van der Waals surface area contributed by atoms with Crippen LogP contribution in [0.25, 0.3) is 0 Å². The third-order valence-corrected chi connectivity index (χ3v) is 3.14. The molecule has 0 aliphatic heterocycles. The van der Waals surface area contributed by atoms with Crippen molar-refractivity contribution in [1.82, 2.24) is 5.32 Å². The fourth-order valence-corrected chi connectivity index (χ4v) is 2.14. The highest BCUT2D eigenvalue weighted by Gasteiger charge is 2.07. The molecule has 3 heteroatoms. The summed E-state index contributed by atoms with van der Waals surface area (Å²) in [4.78, 5) is 0. The highest BCUT2D eigenvalue weighted by atomic mass is 16.5. The Balaban J connectivity index is 2.50. The van der Waals surface area contributed by atoms with E-state index in [-0.39, 0.29) is 6.04 Å². The van der Waals surface area contributed by atoms with Gasteiger partial charge >= 0.3 is 0 Å². The van der Waals surface area contributed by atoms with Crippen LogP contribution in [0.3, 0.4) is 0 Å². The molecule has 1 rings (SSSR count). The molecule has 0 saturated heterocycles. The van der Waals surface area contributed by atoms with Crippen LogP contribution in [0.4, 0.5) is 0 Å². The summed E-state index contributed by atoms with van der Waals surface area (Å²) < 4.78 is 5.71. The summed E-state index contributed by atoms with van der Waals surface area (Å²) in [5.41, 5.74) is 2.62. The summed E-state index contributed by atoms with van der Waals surface area (Å²) in [6.07, 6.45) is 0.704. The second-order valence-electron chi connectivity index (χ2n) is 5.05. The minimum atomic E-state index is -0.124. The van der Waals surface area contributed by atoms with Crippen LogP contribution in [-0.4, -0.2) is 19.2 Å². The molecular weight excluding hydrogens is 236 g/mol. The molecule has 0 radical (unpaired) electrons. The first-order chi connectivity index (χ1) is 9.08. The zero-order valence-corrected chi connectivity index (χ0v) is 12.4. The van der Waals surface area contributed by atoms with Gasteiger partial charge in [0.1, 0.15) is 5.75 Å². The van der Waals surface area contributed by atoms with Gasteiger partial charge in [-0.25, -0.2) is 0 Å². The molecule has 0 amide bonds. The Morgan fingerprint density at radius 3 is 2.63 bits per heavy atom. The zero-order valence-electron chi connectivity index (χ0n) is 12.4. The number of nitrogens with zero attached hydrogens (tertiary/aromatic N) is 1. The molecule has 1 aromatic carbocycles. The quantitative estimate of drug-likeness (QED) is 0.817. The third-order valence-electron chi connectivity index (χ3n) is 3.14. The summed E-state index contributed by atoms with van der Waals surface area (Å²) in [5, 5.41) is 12.0. The molecule has 104 valence electrons. The largest absolute Gasteiger partial charge is 0.493 e. The fourth-order valence-electron chi connectivity index (χ4n) is 2.14. The molecule has 0 heterocycles. The van der Waals surface area contributed by atoms with Crippen molar-refractivity contribution in [1.29, 1.82) is 5.26 Å². The van der Waals surface area contributed by atoms with Crippen LogP contribution in [0.1, 0.15) is 44.2 Å². The van der Waals surface area contributed by atoms with Gasteiger partial charge in [0, 0.05) is 6.42 Å². The molecule has 1 N–H and O–H groups in total. The minimum absolute atomic E-state index is 0.124. The van der Waals surface area contributed by atoms with E-state index in [2.05, 4.69) is 44.3 Å². The molecule has 1 unspecified atom stereocenters. The van der Waals surface area contributed by atoms with Gasteiger partial charge in [0.05, 0.1) is 18.7 Å². The zero-order chi connectivity index (χ0) is 14.3. The van der Waals surface area contributed by atoms with Crippen LogP contribution in [-0.2, 0) is 0 Å². The molecule has 0 aliphatic carbocycles. The summed E-state index contributed by atoms with van der Waals surface area (Å²) in [5.74, 6) is 1.42. The highest BCUT2D eigenvalue weighted by Crippen LogP contribution is 2.23. The Morgan fingerprint density at radius 2 is 2.11 bits per heavy atom. The molecule has 0 spiro atoms. The van der Waals surface area contributed by atoms with Crippen LogP contribution >= 0.6 is 0 Å². The van der Waals surface area contributed by atoms with E-state index in [1.165, 1.54) is 11.1 Å². The lowest BCUT2D eigenvalue weighted by Crippen LogP contribution is -2.28. The van der Waals surface area contributed by atoms with Crippen molar-refractivity contribution in [3.63, 3.8) is 0 Å². The van der Waals surface area contributed by atoms with E-state index >= 15 is 0 Å². The van der Waals surface area contributed by atoms with Crippen molar-refractivity contribution in [2.24, 2.45) is 0 Å². The minimum Gasteiger partial charge on any atom is -0.493 e. The first-order valence-corrected chi connectivity index (χ1v) is 6.94. The van der Waals surface area contributed by atoms with Crippen LogP contribution in [0, 0.1) is 18.3 Å². The van der Waals surface area contributed by atoms with Gasteiger partial charge in [-0.05, 0) is 42.6 Å². The average molecular weight is 260 g/mol. The maximum atomic E-state index is 8.93. The molecule has 0 aromatic heterocycles. The smallest absolute Gasteiger partial charge is 0.119 e. The Bertz CT molecular complexity index is 435. The number of nitriles is 1. The number of hydrogen-bond acceptors (Lipinski definition) is 3. The number of benzene rings is 1. The number of nitrogens with one attached hydrogen (secondary N) is 1. The van der Waals surface area contributed by atoms with Crippen molar-refractivity contribution in [2.45, 2.75) is 46.1 Å². The topological polar surface area (TPSA) is 45.0 Å². The lowest BCUT2D eigenvalue weighted by atomic mass is 9.98. The monoisotopic (exact) mass is 260 g/mol. The molecule has 3 nitrogen and oxygen atoms in total. The normalized spacial score (nSPS) is 12.2. The highest BCUT2D eigenvalue weighted by molar-refractivity contribution is 5.36. The van der Waals surface area contributed by atoms with E-state index in [1.807, 2.05) is 13.0 Å². The van der Waals surface area contributed by atoms with Crippen LogP contribution in [0.15, 0.2) is 18.2 Å².